The predicted octanol–water partition coefficient (Wildman–Crippen LogP) is 4.89. The van der Waals surface area contributed by atoms with Crippen molar-refractivity contribution in [1.29, 1.82) is 0 Å². The first-order valence-corrected chi connectivity index (χ1v) is 9.45. The smallest absolute Gasteiger partial charge is 0.257 e. The molecule has 5 nitrogen and oxygen atoms in total. The Morgan fingerprint density at radius 3 is 2.32 bits per heavy atom. The van der Waals surface area contributed by atoms with Crippen molar-refractivity contribution in [1.82, 2.24) is 14.9 Å². The van der Waals surface area contributed by atoms with E-state index in [1.165, 1.54) is 5.56 Å². The molecule has 144 valence electrons. The lowest BCUT2D eigenvalue weighted by Crippen LogP contribution is -2.36. The Morgan fingerprint density at radius 2 is 1.71 bits per heavy atom. The maximum atomic E-state index is 13.0. The number of benzene rings is 2. The van der Waals surface area contributed by atoms with Gasteiger partial charge in [0, 0.05) is 30.7 Å². The number of rotatable bonds is 6. The van der Waals surface area contributed by atoms with Gasteiger partial charge < -0.3 is 10.2 Å². The van der Waals surface area contributed by atoms with E-state index in [1.54, 1.807) is 12.4 Å². The van der Waals surface area contributed by atoms with Gasteiger partial charge in [0.2, 0.25) is 5.95 Å². The van der Waals surface area contributed by atoms with Crippen LogP contribution in [0, 0.1) is 13.8 Å². The fourth-order valence-electron chi connectivity index (χ4n) is 3.01. The van der Waals surface area contributed by atoms with Gasteiger partial charge in [0.15, 0.2) is 0 Å². The lowest BCUT2D eigenvalue weighted by Gasteiger charge is -2.26. The molecule has 1 amide bonds. The number of amides is 1. The third-order valence-electron chi connectivity index (χ3n) is 4.61. The summed E-state index contributed by atoms with van der Waals surface area (Å²) in [6, 6.07) is 16.2. The summed E-state index contributed by atoms with van der Waals surface area (Å²) in [5.41, 5.74) is 4.86. The zero-order valence-corrected chi connectivity index (χ0v) is 16.8. The van der Waals surface area contributed by atoms with Crippen LogP contribution in [0.5, 0.6) is 0 Å². The van der Waals surface area contributed by atoms with E-state index in [4.69, 9.17) is 0 Å². The van der Waals surface area contributed by atoms with Crippen molar-refractivity contribution in [2.24, 2.45) is 0 Å². The van der Waals surface area contributed by atoms with Crippen LogP contribution in [-0.4, -0.2) is 26.8 Å². The van der Waals surface area contributed by atoms with Crippen molar-refractivity contribution in [3.63, 3.8) is 0 Å². The molecule has 0 aliphatic carbocycles. The van der Waals surface area contributed by atoms with Crippen LogP contribution < -0.4 is 5.32 Å². The highest BCUT2D eigenvalue weighted by atomic mass is 16.2. The van der Waals surface area contributed by atoms with Crippen LogP contribution in [0.15, 0.2) is 60.9 Å². The van der Waals surface area contributed by atoms with Gasteiger partial charge in [-0.3, -0.25) is 4.79 Å². The van der Waals surface area contributed by atoms with Crippen molar-refractivity contribution in [3.8, 4) is 0 Å². The lowest BCUT2D eigenvalue weighted by atomic mass is 10.1. The first kappa shape index (κ1) is 19.5. The van der Waals surface area contributed by atoms with E-state index in [0.29, 0.717) is 18.1 Å². The lowest BCUT2D eigenvalue weighted by molar-refractivity contribution is 0.0689. The second-order valence-electron chi connectivity index (χ2n) is 7.25. The molecule has 1 heterocycles. The highest BCUT2D eigenvalue weighted by Crippen LogP contribution is 2.19. The van der Waals surface area contributed by atoms with E-state index >= 15 is 0 Å². The van der Waals surface area contributed by atoms with Gasteiger partial charge >= 0.3 is 0 Å². The summed E-state index contributed by atoms with van der Waals surface area (Å²) in [6.45, 7) is 8.68. The first-order chi connectivity index (χ1) is 13.4. The summed E-state index contributed by atoms with van der Waals surface area (Å²) in [5.74, 6) is 0.402. The molecule has 0 aliphatic heterocycles. The van der Waals surface area contributed by atoms with Gasteiger partial charge in [-0.05, 0) is 44.9 Å². The average Bonchev–Trinajstić information content (AvgIpc) is 2.69. The zero-order valence-electron chi connectivity index (χ0n) is 16.8. The maximum Gasteiger partial charge on any atom is 0.257 e. The molecule has 5 heteroatoms. The first-order valence-electron chi connectivity index (χ1n) is 9.45. The molecule has 0 unspecified atom stereocenters. The fourth-order valence-corrected chi connectivity index (χ4v) is 3.01. The Kier molecular flexibility index (Phi) is 6.04. The van der Waals surface area contributed by atoms with Gasteiger partial charge in [-0.25, -0.2) is 9.97 Å². The van der Waals surface area contributed by atoms with Crippen LogP contribution in [0.25, 0.3) is 0 Å². The Labute approximate surface area is 166 Å². The van der Waals surface area contributed by atoms with E-state index in [9.17, 15) is 4.79 Å². The number of carbonyl (C=O) groups is 1. The summed E-state index contributed by atoms with van der Waals surface area (Å²) in [4.78, 5) is 23.5. The van der Waals surface area contributed by atoms with Gasteiger partial charge in [-0.15, -0.1) is 0 Å². The molecule has 0 radical (unpaired) electrons. The number of nitrogens with one attached hydrogen (secondary N) is 1. The maximum absolute atomic E-state index is 13.0. The Bertz CT molecular complexity index is 937. The summed E-state index contributed by atoms with van der Waals surface area (Å²) in [5, 5.41) is 3.21. The largest absolute Gasteiger partial charge is 0.332 e. The van der Waals surface area contributed by atoms with Gasteiger partial charge in [-0.2, -0.15) is 0 Å². The number of aromatic nitrogens is 2. The van der Waals surface area contributed by atoms with E-state index in [2.05, 4.69) is 28.3 Å². The van der Waals surface area contributed by atoms with Crippen molar-refractivity contribution in [2.75, 3.05) is 5.32 Å². The van der Waals surface area contributed by atoms with Crippen LogP contribution in [0.1, 0.15) is 40.9 Å². The molecule has 0 aliphatic rings. The molecule has 3 aromatic rings. The molecule has 1 aromatic heterocycles. The van der Waals surface area contributed by atoms with Crippen molar-refractivity contribution >= 4 is 17.5 Å². The van der Waals surface area contributed by atoms with Crippen LogP contribution in [0.2, 0.25) is 0 Å². The molecular weight excluding hydrogens is 348 g/mol. The summed E-state index contributed by atoms with van der Waals surface area (Å²) in [6.07, 6.45) is 3.17. The normalized spacial score (nSPS) is 10.8. The quantitative estimate of drug-likeness (QED) is 0.667. The number of hydrogen-bond donors (Lipinski definition) is 1. The van der Waals surface area contributed by atoms with Crippen LogP contribution in [0.3, 0.4) is 0 Å². The number of nitrogens with zero attached hydrogens (tertiary/aromatic N) is 3. The zero-order chi connectivity index (χ0) is 20.1. The highest BCUT2D eigenvalue weighted by Gasteiger charge is 2.20. The van der Waals surface area contributed by atoms with Crippen LogP contribution in [0.4, 0.5) is 11.6 Å². The molecule has 28 heavy (non-hydrogen) atoms. The second kappa shape index (κ2) is 8.65. The monoisotopic (exact) mass is 374 g/mol. The van der Waals surface area contributed by atoms with E-state index < -0.39 is 0 Å². The van der Waals surface area contributed by atoms with Crippen LogP contribution >= 0.6 is 0 Å². The van der Waals surface area contributed by atoms with E-state index in [-0.39, 0.29) is 11.9 Å². The standard InChI is InChI=1S/C23H26N4O/c1-16(2)27(15-19-8-6-5-7-9-19)22(28)20-13-24-23(25-14-20)26-21-11-10-17(3)12-18(21)4/h5-14,16H,15H2,1-4H3,(H,24,25,26). The molecule has 0 saturated carbocycles. The van der Waals surface area contributed by atoms with E-state index in [1.807, 2.05) is 68.1 Å². The molecule has 0 fully saturated rings. The SMILES string of the molecule is Cc1ccc(Nc2ncc(C(=O)N(Cc3ccccc3)C(C)C)cn2)c(C)c1. The average molecular weight is 374 g/mol. The van der Waals surface area contributed by atoms with Gasteiger partial charge in [0.05, 0.1) is 5.56 Å². The number of carbonyl (C=O) groups excluding carboxylic acids is 1. The number of aryl methyl sites for hydroxylation is 2. The number of anilines is 2. The molecule has 0 atom stereocenters. The minimum atomic E-state index is -0.0723. The Balaban J connectivity index is 1.74. The summed E-state index contributed by atoms with van der Waals surface area (Å²) in [7, 11) is 0. The molecule has 0 saturated heterocycles. The van der Waals surface area contributed by atoms with Crippen LogP contribution in [-0.2, 0) is 6.54 Å². The Hall–Kier alpha value is -3.21. The fraction of sp³-hybridized carbons (Fsp3) is 0.261. The number of hydrogen-bond acceptors (Lipinski definition) is 4. The molecule has 2 aromatic carbocycles. The van der Waals surface area contributed by atoms with Gasteiger partial charge in [0.25, 0.3) is 5.91 Å². The van der Waals surface area contributed by atoms with Gasteiger partial charge in [0.1, 0.15) is 0 Å². The minimum Gasteiger partial charge on any atom is -0.332 e. The molecule has 0 spiro atoms. The summed E-state index contributed by atoms with van der Waals surface area (Å²) < 4.78 is 0. The third kappa shape index (κ3) is 4.74. The predicted molar refractivity (Wildman–Crippen MR) is 113 cm³/mol. The second-order valence-corrected chi connectivity index (χ2v) is 7.25. The topological polar surface area (TPSA) is 58.1 Å². The van der Waals surface area contributed by atoms with Crippen molar-refractivity contribution in [3.05, 3.63) is 83.2 Å². The van der Waals surface area contributed by atoms with Crippen molar-refractivity contribution < 1.29 is 4.79 Å². The molecular formula is C23H26N4O. The highest BCUT2D eigenvalue weighted by molar-refractivity contribution is 5.93. The summed E-state index contributed by atoms with van der Waals surface area (Å²) >= 11 is 0. The van der Waals surface area contributed by atoms with Gasteiger partial charge in [-0.1, -0.05) is 48.0 Å². The van der Waals surface area contributed by atoms with E-state index in [0.717, 1.165) is 16.8 Å². The molecule has 0 bridgehead atoms. The third-order valence-corrected chi connectivity index (χ3v) is 4.61. The molecule has 3 rings (SSSR count). The minimum absolute atomic E-state index is 0.0701. The Morgan fingerprint density at radius 1 is 1.04 bits per heavy atom. The van der Waals surface area contributed by atoms with Crippen molar-refractivity contribution in [2.45, 2.75) is 40.3 Å². The molecule has 1 N–H and O–H groups in total.